The van der Waals surface area contributed by atoms with Gasteiger partial charge >= 0.3 is 0 Å². The summed E-state index contributed by atoms with van der Waals surface area (Å²) >= 11 is 1.45. The number of nitrogens with zero attached hydrogens (tertiary/aromatic N) is 5. The van der Waals surface area contributed by atoms with Crippen molar-refractivity contribution in [3.63, 3.8) is 0 Å². The second-order valence-corrected chi connectivity index (χ2v) is 7.33. The van der Waals surface area contributed by atoms with Crippen LogP contribution in [0.4, 0.5) is 0 Å². The van der Waals surface area contributed by atoms with Gasteiger partial charge in [-0.1, -0.05) is 24.3 Å². The minimum atomic E-state index is 0.309. The molecule has 130 valence electrons. The molecule has 1 aliphatic carbocycles. The molecule has 1 atom stereocenters. The zero-order valence-electron chi connectivity index (χ0n) is 14.2. The average Bonchev–Trinajstić information content (AvgIpc) is 3.41. The number of aromatic nitrogens is 5. The van der Waals surface area contributed by atoms with Gasteiger partial charge in [0.1, 0.15) is 6.33 Å². The van der Waals surface area contributed by atoms with Gasteiger partial charge in [0, 0.05) is 19.4 Å². The van der Waals surface area contributed by atoms with Crippen molar-refractivity contribution in [3.8, 4) is 11.6 Å². The summed E-state index contributed by atoms with van der Waals surface area (Å²) < 4.78 is 10.1. The second kappa shape index (κ2) is 6.17. The maximum absolute atomic E-state index is 6.04. The van der Waals surface area contributed by atoms with Gasteiger partial charge in [0.05, 0.1) is 6.04 Å². The molecule has 0 saturated carbocycles. The van der Waals surface area contributed by atoms with Gasteiger partial charge in [-0.25, -0.2) is 4.98 Å². The topological polar surface area (TPSA) is 61.7 Å². The molecule has 0 N–H and O–H groups in total. The first-order valence-electron chi connectivity index (χ1n) is 8.52. The van der Waals surface area contributed by atoms with E-state index in [4.69, 9.17) is 4.42 Å². The third-order valence-electron chi connectivity index (χ3n) is 4.77. The van der Waals surface area contributed by atoms with E-state index in [1.54, 1.807) is 6.33 Å². The van der Waals surface area contributed by atoms with Gasteiger partial charge in [0.15, 0.2) is 21.8 Å². The number of benzene rings is 1. The Balaban J connectivity index is 1.46. The largest absolute Gasteiger partial charge is 0.446 e. The van der Waals surface area contributed by atoms with E-state index >= 15 is 0 Å². The summed E-state index contributed by atoms with van der Waals surface area (Å²) in [5, 5.41) is 9.55. The first-order valence-corrected chi connectivity index (χ1v) is 9.34. The molecule has 1 aromatic carbocycles. The Labute approximate surface area is 154 Å². The molecule has 0 aliphatic heterocycles. The fourth-order valence-electron chi connectivity index (χ4n) is 3.53. The van der Waals surface area contributed by atoms with Crippen molar-refractivity contribution >= 4 is 11.8 Å². The molecule has 4 aromatic rings. The molecule has 0 saturated heterocycles. The van der Waals surface area contributed by atoms with Crippen molar-refractivity contribution < 1.29 is 4.42 Å². The molecule has 0 unspecified atom stereocenters. The standard InChI is InChI=1S/C19H17N5OS/c1-23-12-21-22-19(23)26-17-9-8-16(25-17)18-20-10-11-24(18)15-7-6-13-4-2-3-5-14(13)15/h2-5,8-12,15H,6-7H2,1H3/t15-/m0/s1. The molecule has 5 rings (SSSR count). The number of hydrogen-bond acceptors (Lipinski definition) is 5. The van der Waals surface area contributed by atoms with Gasteiger partial charge in [-0.2, -0.15) is 0 Å². The van der Waals surface area contributed by atoms with E-state index in [-0.39, 0.29) is 0 Å². The molecule has 0 fully saturated rings. The van der Waals surface area contributed by atoms with Gasteiger partial charge < -0.3 is 13.6 Å². The molecule has 6 nitrogen and oxygen atoms in total. The number of imidazole rings is 1. The Kier molecular flexibility index (Phi) is 3.67. The van der Waals surface area contributed by atoms with E-state index < -0.39 is 0 Å². The lowest BCUT2D eigenvalue weighted by atomic mass is 10.1. The van der Waals surface area contributed by atoms with Crippen LogP contribution in [-0.4, -0.2) is 24.3 Å². The molecule has 3 aromatic heterocycles. The third kappa shape index (κ3) is 2.55. The molecule has 7 heteroatoms. The number of rotatable bonds is 4. The maximum atomic E-state index is 6.04. The van der Waals surface area contributed by atoms with Crippen LogP contribution in [-0.2, 0) is 13.5 Å². The maximum Gasteiger partial charge on any atom is 0.198 e. The van der Waals surface area contributed by atoms with Gasteiger partial charge in [-0.15, -0.1) is 10.2 Å². The highest BCUT2D eigenvalue weighted by atomic mass is 32.2. The van der Waals surface area contributed by atoms with Gasteiger partial charge in [-0.3, -0.25) is 0 Å². The Hall–Kier alpha value is -2.80. The highest BCUT2D eigenvalue weighted by Gasteiger charge is 2.26. The first-order chi connectivity index (χ1) is 12.8. The highest BCUT2D eigenvalue weighted by Crippen LogP contribution is 2.38. The summed E-state index contributed by atoms with van der Waals surface area (Å²) in [6.45, 7) is 0. The summed E-state index contributed by atoms with van der Waals surface area (Å²) in [6.07, 6.45) is 7.75. The summed E-state index contributed by atoms with van der Waals surface area (Å²) in [5.74, 6) is 1.63. The fraction of sp³-hybridized carbons (Fsp3) is 0.211. The van der Waals surface area contributed by atoms with Crippen molar-refractivity contribution in [2.24, 2.45) is 7.05 Å². The summed E-state index contributed by atoms with van der Waals surface area (Å²) in [4.78, 5) is 4.56. The van der Waals surface area contributed by atoms with Crippen LogP contribution in [0, 0.1) is 0 Å². The van der Waals surface area contributed by atoms with E-state index in [0.29, 0.717) is 6.04 Å². The smallest absolute Gasteiger partial charge is 0.198 e. The third-order valence-corrected chi connectivity index (χ3v) is 5.74. The average molecular weight is 363 g/mol. The molecule has 1 aliphatic rings. The van der Waals surface area contributed by atoms with Crippen LogP contribution in [0.2, 0.25) is 0 Å². The lowest BCUT2D eigenvalue weighted by Gasteiger charge is -2.15. The van der Waals surface area contributed by atoms with Crippen LogP contribution in [0.15, 0.2) is 69.8 Å². The second-order valence-electron chi connectivity index (χ2n) is 6.36. The Morgan fingerprint density at radius 1 is 1.19 bits per heavy atom. The quantitative estimate of drug-likeness (QED) is 0.549. The van der Waals surface area contributed by atoms with E-state index in [1.807, 2.05) is 36.1 Å². The van der Waals surface area contributed by atoms with Crippen LogP contribution in [0.1, 0.15) is 23.6 Å². The van der Waals surface area contributed by atoms with Crippen molar-refractivity contribution in [1.29, 1.82) is 0 Å². The Morgan fingerprint density at radius 3 is 3.00 bits per heavy atom. The molecule has 0 amide bonds. The normalized spacial score (nSPS) is 16.1. The van der Waals surface area contributed by atoms with Crippen molar-refractivity contribution in [3.05, 3.63) is 66.2 Å². The molecule has 0 bridgehead atoms. The fourth-order valence-corrected chi connectivity index (χ4v) is 4.26. The predicted octanol–water partition coefficient (Wildman–Crippen LogP) is 3.96. The SMILES string of the molecule is Cn1cnnc1Sc1ccc(-c2nccn2[C@H]2CCc3ccccc32)o1. The Bertz CT molecular complexity index is 1060. The van der Waals surface area contributed by atoms with Crippen molar-refractivity contribution in [1.82, 2.24) is 24.3 Å². The number of furan rings is 1. The minimum absolute atomic E-state index is 0.309. The van der Waals surface area contributed by atoms with E-state index in [2.05, 4.69) is 44.0 Å². The molecule has 26 heavy (non-hydrogen) atoms. The summed E-state index contributed by atoms with van der Waals surface area (Å²) in [7, 11) is 1.91. The monoisotopic (exact) mass is 363 g/mol. The number of aryl methyl sites for hydroxylation is 2. The van der Waals surface area contributed by atoms with Crippen LogP contribution in [0.25, 0.3) is 11.6 Å². The molecular formula is C19H17N5OS. The minimum Gasteiger partial charge on any atom is -0.446 e. The Morgan fingerprint density at radius 2 is 2.12 bits per heavy atom. The lowest BCUT2D eigenvalue weighted by Crippen LogP contribution is -2.07. The highest BCUT2D eigenvalue weighted by molar-refractivity contribution is 7.99. The van der Waals surface area contributed by atoms with Crippen LogP contribution in [0.5, 0.6) is 0 Å². The van der Waals surface area contributed by atoms with E-state index in [1.165, 1.54) is 22.9 Å². The summed E-state index contributed by atoms with van der Waals surface area (Å²) in [5.41, 5.74) is 2.81. The van der Waals surface area contributed by atoms with E-state index in [9.17, 15) is 0 Å². The van der Waals surface area contributed by atoms with Gasteiger partial charge in [0.2, 0.25) is 0 Å². The van der Waals surface area contributed by atoms with Crippen LogP contribution in [0.3, 0.4) is 0 Å². The molecular weight excluding hydrogens is 346 g/mol. The van der Waals surface area contributed by atoms with Gasteiger partial charge in [0.25, 0.3) is 0 Å². The predicted molar refractivity (Wildman–Crippen MR) is 98.0 cm³/mol. The van der Waals surface area contributed by atoms with Crippen molar-refractivity contribution in [2.75, 3.05) is 0 Å². The zero-order valence-corrected chi connectivity index (χ0v) is 15.1. The van der Waals surface area contributed by atoms with Crippen LogP contribution < -0.4 is 0 Å². The summed E-state index contributed by atoms with van der Waals surface area (Å²) in [6, 6.07) is 12.9. The molecule has 3 heterocycles. The zero-order chi connectivity index (χ0) is 17.5. The van der Waals surface area contributed by atoms with E-state index in [0.717, 1.165) is 34.7 Å². The molecule has 0 spiro atoms. The number of hydrogen-bond donors (Lipinski definition) is 0. The molecule has 0 radical (unpaired) electrons. The number of fused-ring (bicyclic) bond motifs is 1. The van der Waals surface area contributed by atoms with Crippen LogP contribution >= 0.6 is 11.8 Å². The first kappa shape index (κ1) is 15.5. The van der Waals surface area contributed by atoms with Gasteiger partial charge in [-0.05, 0) is 47.9 Å². The lowest BCUT2D eigenvalue weighted by molar-refractivity contribution is 0.475. The van der Waals surface area contributed by atoms with Crippen molar-refractivity contribution in [2.45, 2.75) is 29.1 Å².